The van der Waals surface area contributed by atoms with E-state index in [1.807, 2.05) is 24.3 Å². The summed E-state index contributed by atoms with van der Waals surface area (Å²) in [4.78, 5) is 23.6. The fourth-order valence-electron chi connectivity index (χ4n) is 1.66. The zero-order valence-corrected chi connectivity index (χ0v) is 16.2. The van der Waals surface area contributed by atoms with Crippen LogP contribution in [0.3, 0.4) is 0 Å². The van der Waals surface area contributed by atoms with Gasteiger partial charge in [-0.05, 0) is 0 Å². The van der Waals surface area contributed by atoms with Gasteiger partial charge in [0, 0.05) is 0 Å². The number of ether oxygens (including phenoxy) is 2. The molecule has 0 aliphatic rings. The first kappa shape index (κ1) is 19.8. The maximum atomic E-state index is 11.8. The van der Waals surface area contributed by atoms with Crippen molar-refractivity contribution in [2.24, 2.45) is 0 Å². The molecule has 5 nitrogen and oxygen atoms in total. The normalized spacial score (nSPS) is 12.4. The summed E-state index contributed by atoms with van der Waals surface area (Å²) in [5, 5.41) is 4.56. The van der Waals surface area contributed by atoms with Gasteiger partial charge in [-0.15, -0.1) is 0 Å². The Bertz CT molecular complexity index is 545. The van der Waals surface area contributed by atoms with Crippen LogP contribution in [0.15, 0.2) is 24.3 Å². The monoisotopic (exact) mass is 407 g/mol. The van der Waals surface area contributed by atoms with E-state index in [2.05, 4.69) is 5.32 Å². The zero-order valence-electron chi connectivity index (χ0n) is 13.7. The molecule has 7 heteroatoms. The molecule has 0 aliphatic carbocycles. The molecule has 0 radical (unpaired) electrons. The minimum atomic E-state index is -0.711. The Morgan fingerprint density at radius 1 is 1.30 bits per heavy atom. The average molecular weight is 407 g/mol. The van der Waals surface area contributed by atoms with Crippen molar-refractivity contribution in [3.8, 4) is 0 Å². The molecule has 1 aromatic rings. The number of amides is 1. The quantitative estimate of drug-likeness (QED) is 0.582. The Kier molecular flexibility index (Phi) is 7.89. The van der Waals surface area contributed by atoms with Crippen LogP contribution in [0.2, 0.25) is 10.3 Å². The first-order chi connectivity index (χ1) is 10.7. The van der Waals surface area contributed by atoms with Gasteiger partial charge in [-0.1, -0.05) is 0 Å². The molecule has 0 aliphatic heterocycles. The number of hydrogen-bond donors (Lipinski definition) is 1. The minimum absolute atomic E-state index is 0.0822. The molecule has 0 aromatic heterocycles. The standard InChI is InChI=1S/C16H22ClNO4Se/c1-16(2,3)22-15(20)18-13(14(19)21-4)10-23-9-11-7-5-6-8-12(11)17/h5-8,13H,9-10H2,1-4H3,(H,18,20)/t13-/m0/s1. The van der Waals surface area contributed by atoms with Crippen LogP contribution in [0.5, 0.6) is 0 Å². The van der Waals surface area contributed by atoms with Crippen molar-refractivity contribution in [1.82, 2.24) is 5.32 Å². The summed E-state index contributed by atoms with van der Waals surface area (Å²) >= 11 is 6.20. The van der Waals surface area contributed by atoms with Crippen LogP contribution in [0.1, 0.15) is 26.3 Å². The van der Waals surface area contributed by atoms with Crippen LogP contribution in [0, 0.1) is 0 Å². The molecule has 0 fully saturated rings. The van der Waals surface area contributed by atoms with E-state index in [1.165, 1.54) is 7.11 Å². The summed E-state index contributed by atoms with van der Waals surface area (Å²) in [5.74, 6) is -0.475. The van der Waals surface area contributed by atoms with Gasteiger partial charge in [-0.3, -0.25) is 0 Å². The zero-order chi connectivity index (χ0) is 17.5. The second-order valence-electron chi connectivity index (χ2n) is 5.83. The van der Waals surface area contributed by atoms with Crippen molar-refractivity contribution in [3.63, 3.8) is 0 Å². The van der Waals surface area contributed by atoms with Gasteiger partial charge in [-0.2, -0.15) is 0 Å². The topological polar surface area (TPSA) is 64.6 Å². The Hall–Kier alpha value is -1.23. The molecule has 1 rings (SSSR count). The van der Waals surface area contributed by atoms with Crippen LogP contribution in [-0.2, 0) is 19.6 Å². The fourth-order valence-corrected chi connectivity index (χ4v) is 4.24. The number of hydrogen-bond acceptors (Lipinski definition) is 4. The second kappa shape index (κ2) is 9.16. The number of methoxy groups -OCH3 is 1. The second-order valence-corrected chi connectivity index (χ2v) is 8.40. The predicted octanol–water partition coefficient (Wildman–Crippen LogP) is 3.03. The molecule has 0 saturated heterocycles. The molecule has 1 aromatic carbocycles. The number of nitrogens with one attached hydrogen (secondary N) is 1. The van der Waals surface area contributed by atoms with E-state index in [4.69, 9.17) is 21.1 Å². The number of halogens is 1. The van der Waals surface area contributed by atoms with Crippen molar-refractivity contribution in [1.29, 1.82) is 0 Å². The third-order valence-electron chi connectivity index (χ3n) is 2.68. The molecule has 1 amide bonds. The summed E-state index contributed by atoms with van der Waals surface area (Å²) in [7, 11) is 1.30. The molecular weight excluding hydrogens is 385 g/mol. The van der Waals surface area contributed by atoms with E-state index in [0.717, 1.165) is 10.9 Å². The summed E-state index contributed by atoms with van der Waals surface area (Å²) in [5.41, 5.74) is 0.419. The first-order valence-corrected chi connectivity index (χ1v) is 9.91. The summed E-state index contributed by atoms with van der Waals surface area (Å²) in [6, 6.07) is 6.88. The van der Waals surface area contributed by atoms with Gasteiger partial charge < -0.3 is 0 Å². The molecule has 0 heterocycles. The summed E-state index contributed by atoms with van der Waals surface area (Å²) in [6.45, 7) is 5.29. The Labute approximate surface area is 148 Å². The van der Waals surface area contributed by atoms with Crippen LogP contribution in [0.4, 0.5) is 4.79 Å². The Morgan fingerprint density at radius 3 is 2.52 bits per heavy atom. The maximum absolute atomic E-state index is 11.8. The molecule has 23 heavy (non-hydrogen) atoms. The fraction of sp³-hybridized carbons (Fsp3) is 0.500. The third-order valence-corrected chi connectivity index (χ3v) is 5.32. The number of rotatable bonds is 6. The summed E-state index contributed by atoms with van der Waals surface area (Å²) in [6.07, 6.45) is -0.624. The van der Waals surface area contributed by atoms with Crippen molar-refractivity contribution < 1.29 is 19.1 Å². The van der Waals surface area contributed by atoms with Gasteiger partial charge in [0.05, 0.1) is 0 Å². The number of benzene rings is 1. The molecule has 0 unspecified atom stereocenters. The van der Waals surface area contributed by atoms with Crippen molar-refractivity contribution in [2.75, 3.05) is 7.11 Å². The first-order valence-electron chi connectivity index (χ1n) is 7.11. The van der Waals surface area contributed by atoms with E-state index in [1.54, 1.807) is 20.8 Å². The molecule has 0 spiro atoms. The van der Waals surface area contributed by atoms with Crippen molar-refractivity contribution in [2.45, 2.75) is 43.1 Å². The number of esters is 1. The molecule has 128 valence electrons. The Morgan fingerprint density at radius 2 is 1.96 bits per heavy atom. The van der Waals surface area contributed by atoms with Gasteiger partial charge in [0.2, 0.25) is 0 Å². The average Bonchev–Trinajstić information content (AvgIpc) is 2.45. The third kappa shape index (κ3) is 7.73. The van der Waals surface area contributed by atoms with E-state index < -0.39 is 23.7 Å². The molecular formula is C16H22ClNO4Se. The van der Waals surface area contributed by atoms with Crippen molar-refractivity contribution in [3.05, 3.63) is 34.9 Å². The van der Waals surface area contributed by atoms with Crippen LogP contribution < -0.4 is 5.32 Å². The van der Waals surface area contributed by atoms with E-state index in [0.29, 0.717) is 10.3 Å². The van der Waals surface area contributed by atoms with Gasteiger partial charge in [-0.25, -0.2) is 0 Å². The number of alkyl carbamates (subject to hydrolysis) is 1. The number of carbonyl (C=O) groups excluding carboxylic acids is 2. The van der Waals surface area contributed by atoms with Crippen molar-refractivity contribution >= 4 is 38.6 Å². The van der Waals surface area contributed by atoms with Gasteiger partial charge in [0.25, 0.3) is 0 Å². The van der Waals surface area contributed by atoms with E-state index >= 15 is 0 Å². The van der Waals surface area contributed by atoms with E-state index in [-0.39, 0.29) is 15.0 Å². The van der Waals surface area contributed by atoms with Crippen LogP contribution in [-0.4, -0.2) is 45.8 Å². The van der Waals surface area contributed by atoms with Gasteiger partial charge in [0.1, 0.15) is 0 Å². The molecule has 0 saturated carbocycles. The Balaban J connectivity index is 2.57. The molecule has 0 bridgehead atoms. The predicted molar refractivity (Wildman–Crippen MR) is 90.9 cm³/mol. The molecule has 1 N–H and O–H groups in total. The number of carbonyl (C=O) groups is 2. The van der Waals surface area contributed by atoms with Gasteiger partial charge in [0.15, 0.2) is 0 Å². The summed E-state index contributed by atoms with van der Waals surface area (Å²) < 4.78 is 9.92. The van der Waals surface area contributed by atoms with Gasteiger partial charge >= 0.3 is 148 Å². The van der Waals surface area contributed by atoms with E-state index in [9.17, 15) is 9.59 Å². The molecule has 1 atom stereocenters. The SMILES string of the molecule is COC(=O)[C@H](C[Se]Cc1ccccc1Cl)NC(=O)OC(C)(C)C. The van der Waals surface area contributed by atoms with Crippen LogP contribution in [0.25, 0.3) is 0 Å². The van der Waals surface area contributed by atoms with Crippen LogP contribution >= 0.6 is 11.6 Å².